The third-order valence-corrected chi connectivity index (χ3v) is 5.29. The smallest absolute Gasteiger partial charge is 0.166 e. The maximum absolute atomic E-state index is 5.67. The van der Waals surface area contributed by atoms with Gasteiger partial charge in [0.1, 0.15) is 0 Å². The first-order chi connectivity index (χ1) is 10.8. The number of hydrogen-bond donors (Lipinski definition) is 3. The Balaban J connectivity index is 1.51. The van der Waals surface area contributed by atoms with Crippen molar-refractivity contribution in [1.82, 2.24) is 10.6 Å². The molecular formula is C17H28N3OS+. The van der Waals surface area contributed by atoms with Crippen molar-refractivity contribution < 1.29 is 9.32 Å². The third kappa shape index (κ3) is 4.23. The molecule has 1 aliphatic carbocycles. The lowest BCUT2D eigenvalue weighted by Gasteiger charge is -2.27. The molecule has 22 heavy (non-hydrogen) atoms. The summed E-state index contributed by atoms with van der Waals surface area (Å²) in [5.41, 5.74) is 0. The van der Waals surface area contributed by atoms with Gasteiger partial charge in [0.05, 0.1) is 25.9 Å². The van der Waals surface area contributed by atoms with Crippen molar-refractivity contribution in [2.45, 2.75) is 57.0 Å². The zero-order valence-corrected chi connectivity index (χ0v) is 14.1. The van der Waals surface area contributed by atoms with Gasteiger partial charge in [-0.1, -0.05) is 19.3 Å². The normalized spacial score (nSPS) is 21.6. The minimum Gasteiger partial charge on any atom is -0.463 e. The maximum Gasteiger partial charge on any atom is 0.166 e. The average Bonchev–Trinajstić information content (AvgIpc) is 3.22. The summed E-state index contributed by atoms with van der Waals surface area (Å²) in [4.78, 5) is 1.61. The van der Waals surface area contributed by atoms with Crippen LogP contribution in [0.3, 0.4) is 0 Å². The van der Waals surface area contributed by atoms with Crippen LogP contribution >= 0.6 is 12.2 Å². The lowest BCUT2D eigenvalue weighted by atomic mass is 9.96. The first-order valence-corrected chi connectivity index (χ1v) is 9.16. The Morgan fingerprint density at radius 2 is 2.00 bits per heavy atom. The van der Waals surface area contributed by atoms with Gasteiger partial charge in [0.2, 0.25) is 0 Å². The number of thiocarbonyl (C=S) groups is 1. The second-order valence-corrected chi connectivity index (χ2v) is 7.03. The molecule has 1 atom stereocenters. The number of quaternary nitrogens is 1. The van der Waals surface area contributed by atoms with Crippen LogP contribution < -0.4 is 15.5 Å². The van der Waals surface area contributed by atoms with E-state index in [0.717, 1.165) is 17.4 Å². The summed E-state index contributed by atoms with van der Waals surface area (Å²) >= 11 is 5.50. The van der Waals surface area contributed by atoms with Gasteiger partial charge in [-0.05, 0) is 37.2 Å². The lowest BCUT2D eigenvalue weighted by molar-refractivity contribution is -0.919. The van der Waals surface area contributed by atoms with Crippen LogP contribution in [0.1, 0.15) is 56.7 Å². The van der Waals surface area contributed by atoms with Crippen molar-refractivity contribution in [3.8, 4) is 0 Å². The van der Waals surface area contributed by atoms with Crippen LogP contribution in [-0.4, -0.2) is 30.8 Å². The monoisotopic (exact) mass is 322 g/mol. The molecule has 122 valence electrons. The van der Waals surface area contributed by atoms with Gasteiger partial charge in [0, 0.05) is 18.9 Å². The van der Waals surface area contributed by atoms with E-state index in [-0.39, 0.29) is 0 Å². The Labute approximate surface area is 138 Å². The zero-order chi connectivity index (χ0) is 15.2. The predicted molar refractivity (Wildman–Crippen MR) is 92.0 cm³/mol. The molecule has 2 aliphatic rings. The van der Waals surface area contributed by atoms with E-state index in [1.54, 1.807) is 11.2 Å². The Morgan fingerprint density at radius 1 is 1.23 bits per heavy atom. The highest BCUT2D eigenvalue weighted by Gasteiger charge is 2.29. The first kappa shape index (κ1) is 15.8. The van der Waals surface area contributed by atoms with E-state index in [9.17, 15) is 0 Å². The second kappa shape index (κ2) is 7.97. The largest absolute Gasteiger partial charge is 0.463 e. The van der Waals surface area contributed by atoms with Crippen LogP contribution in [0.2, 0.25) is 0 Å². The minimum absolute atomic E-state index is 0.364. The van der Waals surface area contributed by atoms with E-state index >= 15 is 0 Å². The van der Waals surface area contributed by atoms with Gasteiger partial charge in [-0.15, -0.1) is 0 Å². The summed E-state index contributed by atoms with van der Waals surface area (Å²) in [5.74, 6) is 1.07. The van der Waals surface area contributed by atoms with E-state index in [1.165, 1.54) is 58.0 Å². The van der Waals surface area contributed by atoms with E-state index in [0.29, 0.717) is 12.1 Å². The van der Waals surface area contributed by atoms with Gasteiger partial charge in [0.25, 0.3) is 0 Å². The summed E-state index contributed by atoms with van der Waals surface area (Å²) < 4.78 is 5.67. The van der Waals surface area contributed by atoms with Gasteiger partial charge < -0.3 is 20.0 Å². The standard InChI is InChI=1S/C17H27N3OS/c22-17(19-14-7-2-1-3-8-14)18-13-15(16-9-6-12-21-16)20-10-4-5-11-20/h6,9,12,14-15H,1-5,7-8,10-11,13H2,(H2,18,19,22)/p+1/t15-/m0/s1. The summed E-state index contributed by atoms with van der Waals surface area (Å²) in [6, 6.07) is 5.00. The predicted octanol–water partition coefficient (Wildman–Crippen LogP) is 1.80. The third-order valence-electron chi connectivity index (χ3n) is 5.03. The molecule has 0 unspecified atom stereocenters. The molecule has 1 aromatic heterocycles. The summed E-state index contributed by atoms with van der Waals surface area (Å²) in [5, 5.41) is 7.73. The fraction of sp³-hybridized carbons (Fsp3) is 0.706. The van der Waals surface area contributed by atoms with Crippen molar-refractivity contribution in [2.75, 3.05) is 19.6 Å². The van der Waals surface area contributed by atoms with Crippen LogP contribution in [0.15, 0.2) is 22.8 Å². The fourth-order valence-corrected chi connectivity index (χ4v) is 4.04. The van der Waals surface area contributed by atoms with Gasteiger partial charge in [-0.3, -0.25) is 0 Å². The molecule has 1 aromatic rings. The van der Waals surface area contributed by atoms with Gasteiger partial charge in [0.15, 0.2) is 16.9 Å². The molecule has 4 nitrogen and oxygen atoms in total. The molecule has 3 N–H and O–H groups in total. The molecule has 5 heteroatoms. The van der Waals surface area contributed by atoms with Crippen molar-refractivity contribution in [3.63, 3.8) is 0 Å². The molecule has 0 amide bonds. The SMILES string of the molecule is S=C(NC[C@@H](c1ccco1)[NH+]1CCCC1)NC1CCCCC1. The average molecular weight is 322 g/mol. The molecule has 1 saturated heterocycles. The van der Waals surface area contributed by atoms with Crippen LogP contribution in [0.5, 0.6) is 0 Å². The Morgan fingerprint density at radius 3 is 2.68 bits per heavy atom. The van der Waals surface area contributed by atoms with Crippen LogP contribution in [0, 0.1) is 0 Å². The topological polar surface area (TPSA) is 41.6 Å². The zero-order valence-electron chi connectivity index (χ0n) is 13.3. The molecule has 1 saturated carbocycles. The molecule has 1 aliphatic heterocycles. The summed E-state index contributed by atoms with van der Waals surface area (Å²) in [7, 11) is 0. The summed E-state index contributed by atoms with van der Waals surface area (Å²) in [6.45, 7) is 3.31. The molecule has 2 fully saturated rings. The number of furan rings is 1. The number of rotatable bonds is 5. The fourth-order valence-electron chi connectivity index (χ4n) is 3.79. The van der Waals surface area contributed by atoms with E-state index in [4.69, 9.17) is 16.6 Å². The highest BCUT2D eigenvalue weighted by molar-refractivity contribution is 7.80. The van der Waals surface area contributed by atoms with E-state index in [2.05, 4.69) is 16.7 Å². The molecule has 0 radical (unpaired) electrons. The van der Waals surface area contributed by atoms with E-state index < -0.39 is 0 Å². The van der Waals surface area contributed by atoms with Crippen molar-refractivity contribution in [3.05, 3.63) is 24.2 Å². The Kier molecular flexibility index (Phi) is 5.73. The summed E-state index contributed by atoms with van der Waals surface area (Å²) in [6.07, 6.45) is 10.9. The van der Waals surface area contributed by atoms with Crippen molar-refractivity contribution in [2.24, 2.45) is 0 Å². The van der Waals surface area contributed by atoms with Crippen molar-refractivity contribution in [1.29, 1.82) is 0 Å². The van der Waals surface area contributed by atoms with Crippen LogP contribution in [0.4, 0.5) is 0 Å². The Bertz CT molecular complexity index is 450. The van der Waals surface area contributed by atoms with Gasteiger partial charge in [-0.25, -0.2) is 0 Å². The molecule has 2 heterocycles. The molecule has 0 bridgehead atoms. The molecule has 0 spiro atoms. The second-order valence-electron chi connectivity index (χ2n) is 6.62. The number of hydrogen-bond acceptors (Lipinski definition) is 2. The highest BCUT2D eigenvalue weighted by Crippen LogP contribution is 2.17. The number of likely N-dealkylation sites (tertiary alicyclic amines) is 1. The van der Waals surface area contributed by atoms with Crippen molar-refractivity contribution >= 4 is 17.3 Å². The Hall–Kier alpha value is -1.07. The maximum atomic E-state index is 5.67. The van der Waals surface area contributed by atoms with E-state index in [1.807, 2.05) is 6.07 Å². The highest BCUT2D eigenvalue weighted by atomic mass is 32.1. The first-order valence-electron chi connectivity index (χ1n) is 8.75. The van der Waals surface area contributed by atoms with Crippen LogP contribution in [0.25, 0.3) is 0 Å². The lowest BCUT2D eigenvalue weighted by Crippen LogP contribution is -3.11. The molecule has 0 aromatic carbocycles. The quantitative estimate of drug-likeness (QED) is 0.723. The van der Waals surface area contributed by atoms with Gasteiger partial charge in [-0.2, -0.15) is 0 Å². The minimum atomic E-state index is 0.364. The van der Waals surface area contributed by atoms with Gasteiger partial charge >= 0.3 is 0 Å². The molecular weight excluding hydrogens is 294 g/mol. The number of nitrogens with one attached hydrogen (secondary N) is 3. The molecule has 3 rings (SSSR count). The van der Waals surface area contributed by atoms with Crippen LogP contribution in [-0.2, 0) is 0 Å².